The molecule has 2 N–H and O–H groups in total. The van der Waals surface area contributed by atoms with Crippen molar-refractivity contribution in [1.82, 2.24) is 10.2 Å². The van der Waals surface area contributed by atoms with Crippen molar-refractivity contribution in [2.45, 2.75) is 70.9 Å². The summed E-state index contributed by atoms with van der Waals surface area (Å²) in [6.45, 7) is 4.00. The van der Waals surface area contributed by atoms with Gasteiger partial charge in [0.15, 0.2) is 0 Å². The summed E-state index contributed by atoms with van der Waals surface area (Å²) in [6, 6.07) is -0.0833. The van der Waals surface area contributed by atoms with Crippen LogP contribution in [0, 0.1) is 11.3 Å². The second-order valence-corrected chi connectivity index (χ2v) is 7.14. The van der Waals surface area contributed by atoms with Crippen LogP contribution in [0.5, 0.6) is 0 Å². The largest absolute Gasteiger partial charge is 0.481 e. The van der Waals surface area contributed by atoms with Crippen molar-refractivity contribution in [3.8, 4) is 0 Å². The fourth-order valence-electron chi connectivity index (χ4n) is 3.70. The first kappa shape index (κ1) is 16.1. The summed E-state index contributed by atoms with van der Waals surface area (Å²) in [5.74, 6) is -0.0534. The van der Waals surface area contributed by atoms with Gasteiger partial charge in [-0.3, -0.25) is 4.79 Å². The summed E-state index contributed by atoms with van der Waals surface area (Å²) >= 11 is 0. The Morgan fingerprint density at radius 3 is 2.38 bits per heavy atom. The third kappa shape index (κ3) is 3.33. The number of carboxylic acids is 1. The Morgan fingerprint density at radius 2 is 1.81 bits per heavy atom. The first-order valence-corrected chi connectivity index (χ1v) is 8.11. The maximum Gasteiger partial charge on any atom is 0.317 e. The lowest BCUT2D eigenvalue weighted by molar-refractivity contribution is -0.148. The molecule has 0 saturated heterocycles. The van der Waals surface area contributed by atoms with Crippen molar-refractivity contribution >= 4 is 12.0 Å². The zero-order valence-electron chi connectivity index (χ0n) is 13.4. The van der Waals surface area contributed by atoms with E-state index in [0.717, 1.165) is 31.6 Å². The molecule has 0 radical (unpaired) electrons. The third-order valence-corrected chi connectivity index (χ3v) is 5.60. The molecule has 5 heteroatoms. The molecule has 0 heterocycles. The van der Waals surface area contributed by atoms with Gasteiger partial charge in [0.25, 0.3) is 0 Å². The molecule has 21 heavy (non-hydrogen) atoms. The number of hydrogen-bond acceptors (Lipinski definition) is 2. The van der Waals surface area contributed by atoms with Crippen molar-refractivity contribution in [1.29, 1.82) is 0 Å². The molecule has 0 bridgehead atoms. The Balaban J connectivity index is 1.93. The van der Waals surface area contributed by atoms with Crippen molar-refractivity contribution < 1.29 is 14.7 Å². The number of nitrogens with zero attached hydrogens (tertiary/aromatic N) is 1. The van der Waals surface area contributed by atoms with Crippen molar-refractivity contribution in [2.24, 2.45) is 11.3 Å². The minimum absolute atomic E-state index is 0.117. The maximum absolute atomic E-state index is 12.4. The smallest absolute Gasteiger partial charge is 0.317 e. The molecule has 0 aromatic heterocycles. The van der Waals surface area contributed by atoms with E-state index in [9.17, 15) is 14.7 Å². The standard InChI is InChI=1S/C16H28N2O3/c1-11-6-8-12(9-7-11)18(3)15(21)17-13-5-4-10-16(13,2)14(19)20/h11-13H,4-10H2,1-3H3,(H,17,21)(H,19,20). The summed E-state index contributed by atoms with van der Waals surface area (Å²) in [7, 11) is 1.84. The summed E-state index contributed by atoms with van der Waals surface area (Å²) in [5.41, 5.74) is -0.822. The van der Waals surface area contributed by atoms with E-state index in [2.05, 4.69) is 12.2 Å². The highest BCUT2D eigenvalue weighted by atomic mass is 16.4. The number of aliphatic carboxylic acids is 1. The second kappa shape index (κ2) is 6.24. The van der Waals surface area contributed by atoms with Gasteiger partial charge in [0.05, 0.1) is 5.41 Å². The Kier molecular flexibility index (Phi) is 4.79. The van der Waals surface area contributed by atoms with Gasteiger partial charge >= 0.3 is 12.0 Å². The summed E-state index contributed by atoms with van der Waals surface area (Å²) in [5, 5.41) is 12.4. The Bertz CT molecular complexity index is 404. The van der Waals surface area contributed by atoms with E-state index in [-0.39, 0.29) is 12.1 Å². The first-order chi connectivity index (χ1) is 9.84. The number of urea groups is 1. The van der Waals surface area contributed by atoms with Gasteiger partial charge in [0.2, 0.25) is 0 Å². The van der Waals surface area contributed by atoms with Crippen molar-refractivity contribution in [3.05, 3.63) is 0 Å². The molecule has 0 aliphatic heterocycles. The van der Waals surface area contributed by atoms with Crippen LogP contribution in [-0.4, -0.2) is 41.1 Å². The average molecular weight is 296 g/mol. The molecule has 2 saturated carbocycles. The lowest BCUT2D eigenvalue weighted by atomic mass is 9.85. The lowest BCUT2D eigenvalue weighted by Crippen LogP contribution is -2.53. The molecule has 2 aliphatic rings. The van der Waals surface area contributed by atoms with Gasteiger partial charge in [-0.05, 0) is 51.4 Å². The van der Waals surface area contributed by atoms with E-state index >= 15 is 0 Å². The predicted octanol–water partition coefficient (Wildman–Crippen LogP) is 2.85. The van der Waals surface area contributed by atoms with Crippen LogP contribution in [0.1, 0.15) is 58.8 Å². The molecule has 2 fully saturated rings. The van der Waals surface area contributed by atoms with E-state index in [4.69, 9.17) is 0 Å². The highest BCUT2D eigenvalue weighted by Crippen LogP contribution is 2.38. The van der Waals surface area contributed by atoms with Crippen LogP contribution in [0.25, 0.3) is 0 Å². The van der Waals surface area contributed by atoms with E-state index in [0.29, 0.717) is 12.5 Å². The Hall–Kier alpha value is -1.26. The van der Waals surface area contributed by atoms with E-state index < -0.39 is 11.4 Å². The molecule has 2 unspecified atom stereocenters. The number of hydrogen-bond donors (Lipinski definition) is 2. The number of amides is 2. The number of nitrogens with one attached hydrogen (secondary N) is 1. The fraction of sp³-hybridized carbons (Fsp3) is 0.875. The van der Waals surface area contributed by atoms with E-state index in [1.807, 2.05) is 7.05 Å². The van der Waals surface area contributed by atoms with Gasteiger partial charge < -0.3 is 15.3 Å². The summed E-state index contributed by atoms with van der Waals surface area (Å²) in [4.78, 5) is 25.7. The van der Waals surface area contributed by atoms with Gasteiger partial charge in [0.1, 0.15) is 0 Å². The molecule has 2 rings (SSSR count). The molecule has 0 aromatic carbocycles. The van der Waals surface area contributed by atoms with Crippen molar-refractivity contribution in [3.63, 3.8) is 0 Å². The Labute approximate surface area is 127 Å². The van der Waals surface area contributed by atoms with Gasteiger partial charge in [-0.2, -0.15) is 0 Å². The van der Waals surface area contributed by atoms with Crippen LogP contribution in [0.4, 0.5) is 4.79 Å². The molecular weight excluding hydrogens is 268 g/mol. The summed E-state index contributed by atoms with van der Waals surface area (Å²) in [6.07, 6.45) is 6.68. The number of carbonyl (C=O) groups is 2. The molecule has 2 amide bonds. The predicted molar refractivity (Wildman–Crippen MR) is 81.1 cm³/mol. The van der Waals surface area contributed by atoms with Gasteiger partial charge in [-0.15, -0.1) is 0 Å². The van der Waals surface area contributed by atoms with Crippen LogP contribution >= 0.6 is 0 Å². The highest BCUT2D eigenvalue weighted by Gasteiger charge is 2.46. The van der Waals surface area contributed by atoms with Gasteiger partial charge in [0, 0.05) is 19.1 Å². The van der Waals surface area contributed by atoms with Gasteiger partial charge in [-0.25, -0.2) is 4.79 Å². The zero-order valence-corrected chi connectivity index (χ0v) is 13.4. The maximum atomic E-state index is 12.4. The zero-order chi connectivity index (χ0) is 15.6. The van der Waals surface area contributed by atoms with Gasteiger partial charge in [-0.1, -0.05) is 13.3 Å². The van der Waals surface area contributed by atoms with Crippen LogP contribution < -0.4 is 5.32 Å². The molecule has 0 spiro atoms. The fourth-order valence-corrected chi connectivity index (χ4v) is 3.70. The average Bonchev–Trinajstić information content (AvgIpc) is 2.81. The molecule has 2 aliphatic carbocycles. The van der Waals surface area contributed by atoms with Crippen LogP contribution in [0.2, 0.25) is 0 Å². The molecule has 120 valence electrons. The molecule has 2 atom stereocenters. The molecular formula is C16H28N2O3. The molecule has 0 aromatic rings. The number of rotatable bonds is 3. The van der Waals surface area contributed by atoms with E-state index in [1.54, 1.807) is 11.8 Å². The number of carboxylic acid groups (broad SMARTS) is 1. The van der Waals surface area contributed by atoms with Crippen LogP contribution in [-0.2, 0) is 4.79 Å². The third-order valence-electron chi connectivity index (χ3n) is 5.60. The lowest BCUT2D eigenvalue weighted by Gasteiger charge is -2.36. The Morgan fingerprint density at radius 1 is 1.19 bits per heavy atom. The molecule has 5 nitrogen and oxygen atoms in total. The normalized spacial score (nSPS) is 36.2. The highest BCUT2D eigenvalue weighted by molar-refractivity contribution is 5.79. The van der Waals surface area contributed by atoms with Crippen LogP contribution in [0.15, 0.2) is 0 Å². The number of carbonyl (C=O) groups excluding carboxylic acids is 1. The topological polar surface area (TPSA) is 69.6 Å². The monoisotopic (exact) mass is 296 g/mol. The first-order valence-electron chi connectivity index (χ1n) is 8.11. The minimum Gasteiger partial charge on any atom is -0.481 e. The quantitative estimate of drug-likeness (QED) is 0.841. The summed E-state index contributed by atoms with van der Waals surface area (Å²) < 4.78 is 0. The second-order valence-electron chi connectivity index (χ2n) is 7.14. The minimum atomic E-state index is -0.822. The van der Waals surface area contributed by atoms with E-state index in [1.165, 1.54) is 12.8 Å². The van der Waals surface area contributed by atoms with Crippen molar-refractivity contribution in [2.75, 3.05) is 7.05 Å². The van der Waals surface area contributed by atoms with Crippen LogP contribution in [0.3, 0.4) is 0 Å². The SMILES string of the molecule is CC1CCC(N(C)C(=O)NC2CCCC2(C)C(=O)O)CC1.